The second-order valence-electron chi connectivity index (χ2n) is 7.09. The topological polar surface area (TPSA) is 110 Å². The third kappa shape index (κ3) is 5.18. The van der Waals surface area contributed by atoms with Crippen molar-refractivity contribution in [1.82, 2.24) is 5.32 Å². The number of hydrogen-bond donors (Lipinski definition) is 1. The first-order valence-electron chi connectivity index (χ1n) is 9.72. The lowest BCUT2D eigenvalue weighted by atomic mass is 10.1. The molecule has 12 heteroatoms. The molecule has 1 heterocycles. The number of carbonyl (C=O) groups excluding carboxylic acids is 3. The number of imide groups is 2. The molecule has 1 N–H and O–H groups in total. The average Bonchev–Trinajstić information content (AvgIpc) is 2.79. The Morgan fingerprint density at radius 3 is 2.26 bits per heavy atom. The molecule has 3 aromatic rings. The van der Waals surface area contributed by atoms with Gasteiger partial charge in [-0.3, -0.25) is 14.9 Å². The number of carbonyl (C=O) groups is 3. The number of benzene rings is 3. The Hall–Kier alpha value is -3.37. The van der Waals surface area contributed by atoms with E-state index >= 15 is 0 Å². The molecule has 1 saturated heterocycles. The molecule has 0 aliphatic carbocycles. The highest BCUT2D eigenvalue weighted by Gasteiger charge is 2.37. The van der Waals surface area contributed by atoms with Crippen molar-refractivity contribution in [3.05, 3.63) is 92.9 Å². The van der Waals surface area contributed by atoms with E-state index in [-0.39, 0.29) is 37.0 Å². The molecule has 1 fully saturated rings. The highest BCUT2D eigenvalue weighted by atomic mass is 35.5. The SMILES string of the molecule is O=C1NC(=O)N(c2cccc(Cl)c2)C(=O)/C1=C/c1cc(Cl)cc(Cl)c1OS(=O)(=O)c1ccccc1. The molecule has 3 aromatic carbocycles. The Morgan fingerprint density at radius 1 is 0.857 bits per heavy atom. The predicted molar refractivity (Wildman–Crippen MR) is 131 cm³/mol. The van der Waals surface area contributed by atoms with E-state index in [1.54, 1.807) is 12.1 Å². The molecule has 35 heavy (non-hydrogen) atoms. The number of barbiturate groups is 1. The van der Waals surface area contributed by atoms with Crippen molar-refractivity contribution in [3.63, 3.8) is 0 Å². The molecule has 0 aromatic heterocycles. The van der Waals surface area contributed by atoms with Crippen LogP contribution in [0.4, 0.5) is 10.5 Å². The standard InChI is InChI=1S/C23H13Cl3N2O6S/c24-14-5-4-6-16(11-14)28-22(30)18(21(29)27-23(28)31)10-13-9-15(25)12-19(26)20(13)34-35(32,33)17-7-2-1-3-8-17/h1-12H,(H,27,29,31)/b18-10+. The lowest BCUT2D eigenvalue weighted by Gasteiger charge is -2.26. The second-order valence-corrected chi connectivity index (χ2v) is 9.92. The molecule has 1 aliphatic rings. The number of nitrogens with zero attached hydrogens (tertiary/aromatic N) is 1. The van der Waals surface area contributed by atoms with Crippen LogP contribution in [0.1, 0.15) is 5.56 Å². The van der Waals surface area contributed by atoms with Crippen LogP contribution in [0.3, 0.4) is 0 Å². The van der Waals surface area contributed by atoms with Gasteiger partial charge in [-0.1, -0.05) is 59.1 Å². The minimum atomic E-state index is -4.33. The van der Waals surface area contributed by atoms with E-state index in [0.29, 0.717) is 4.90 Å². The van der Waals surface area contributed by atoms with E-state index in [0.717, 1.165) is 6.08 Å². The van der Waals surface area contributed by atoms with Gasteiger partial charge in [-0.25, -0.2) is 9.69 Å². The molecule has 0 radical (unpaired) electrons. The van der Waals surface area contributed by atoms with Gasteiger partial charge in [0.05, 0.1) is 10.7 Å². The predicted octanol–water partition coefficient (Wildman–Crippen LogP) is 5.08. The summed E-state index contributed by atoms with van der Waals surface area (Å²) in [6.45, 7) is 0. The zero-order valence-corrected chi connectivity index (χ0v) is 20.5. The fourth-order valence-corrected chi connectivity index (χ4v) is 4.95. The fourth-order valence-electron chi connectivity index (χ4n) is 3.18. The minimum absolute atomic E-state index is 0.0812. The smallest absolute Gasteiger partial charge is 0.339 e. The highest BCUT2D eigenvalue weighted by molar-refractivity contribution is 7.87. The average molecular weight is 552 g/mol. The monoisotopic (exact) mass is 550 g/mol. The number of anilines is 1. The van der Waals surface area contributed by atoms with Crippen molar-refractivity contribution in [2.45, 2.75) is 4.90 Å². The van der Waals surface area contributed by atoms with Gasteiger partial charge >= 0.3 is 16.1 Å². The van der Waals surface area contributed by atoms with E-state index in [4.69, 9.17) is 39.0 Å². The maximum atomic E-state index is 13.2. The van der Waals surface area contributed by atoms with Crippen molar-refractivity contribution >= 4 is 74.5 Å². The number of rotatable bonds is 5. The van der Waals surface area contributed by atoms with Gasteiger partial charge < -0.3 is 4.18 Å². The lowest BCUT2D eigenvalue weighted by molar-refractivity contribution is -0.122. The second kappa shape index (κ2) is 9.71. The van der Waals surface area contributed by atoms with Crippen LogP contribution in [0.5, 0.6) is 5.75 Å². The molecule has 0 unspecified atom stereocenters. The number of halogens is 3. The Kier molecular flexibility index (Phi) is 6.86. The zero-order chi connectivity index (χ0) is 25.3. The lowest BCUT2D eigenvalue weighted by Crippen LogP contribution is -2.54. The fraction of sp³-hybridized carbons (Fsp3) is 0. The summed E-state index contributed by atoms with van der Waals surface area (Å²) in [6.07, 6.45) is 1.04. The molecular formula is C23H13Cl3N2O6S. The van der Waals surface area contributed by atoms with Crippen LogP contribution in [0.15, 0.2) is 77.2 Å². The van der Waals surface area contributed by atoms with Crippen LogP contribution in [0.25, 0.3) is 6.08 Å². The van der Waals surface area contributed by atoms with Gasteiger partial charge in [0, 0.05) is 15.6 Å². The molecule has 4 rings (SSSR count). The van der Waals surface area contributed by atoms with Gasteiger partial charge in [0.1, 0.15) is 10.5 Å². The summed E-state index contributed by atoms with van der Waals surface area (Å²) in [5.74, 6) is -2.35. The maximum absolute atomic E-state index is 13.2. The van der Waals surface area contributed by atoms with Crippen molar-refractivity contribution in [2.75, 3.05) is 4.90 Å². The minimum Gasteiger partial charge on any atom is -0.377 e. The highest BCUT2D eigenvalue weighted by Crippen LogP contribution is 2.36. The Labute approximate surface area is 214 Å². The maximum Gasteiger partial charge on any atom is 0.339 e. The third-order valence-electron chi connectivity index (χ3n) is 4.73. The van der Waals surface area contributed by atoms with Crippen molar-refractivity contribution < 1.29 is 27.0 Å². The number of hydrogen-bond acceptors (Lipinski definition) is 6. The van der Waals surface area contributed by atoms with Crippen LogP contribution in [-0.2, 0) is 19.7 Å². The molecular weight excluding hydrogens is 539 g/mol. The Balaban J connectivity index is 1.80. The molecule has 0 atom stereocenters. The number of nitrogens with one attached hydrogen (secondary N) is 1. The van der Waals surface area contributed by atoms with Gasteiger partial charge in [0.15, 0.2) is 5.75 Å². The molecule has 178 valence electrons. The van der Waals surface area contributed by atoms with Gasteiger partial charge in [-0.2, -0.15) is 8.42 Å². The van der Waals surface area contributed by atoms with Crippen molar-refractivity contribution in [3.8, 4) is 5.75 Å². The third-order valence-corrected chi connectivity index (χ3v) is 6.70. The summed E-state index contributed by atoms with van der Waals surface area (Å²) in [7, 11) is -4.33. The first kappa shape index (κ1) is 24.7. The summed E-state index contributed by atoms with van der Waals surface area (Å²) in [5, 5.41) is 2.22. The van der Waals surface area contributed by atoms with E-state index < -0.39 is 33.5 Å². The van der Waals surface area contributed by atoms with Gasteiger partial charge in [-0.15, -0.1) is 0 Å². The quantitative estimate of drug-likeness (QED) is 0.269. The first-order valence-corrected chi connectivity index (χ1v) is 12.3. The molecule has 0 bridgehead atoms. The van der Waals surface area contributed by atoms with E-state index in [9.17, 15) is 22.8 Å². The normalized spacial score (nSPS) is 15.3. The van der Waals surface area contributed by atoms with Gasteiger partial charge in [-0.05, 0) is 48.5 Å². The number of urea groups is 1. The van der Waals surface area contributed by atoms with Crippen LogP contribution in [0, 0.1) is 0 Å². The largest absolute Gasteiger partial charge is 0.377 e. The van der Waals surface area contributed by atoms with Crippen LogP contribution >= 0.6 is 34.8 Å². The molecule has 0 spiro atoms. The molecule has 4 amide bonds. The number of amides is 4. The van der Waals surface area contributed by atoms with Gasteiger partial charge in [0.2, 0.25) is 0 Å². The van der Waals surface area contributed by atoms with Crippen LogP contribution in [-0.4, -0.2) is 26.3 Å². The molecule has 1 aliphatic heterocycles. The summed E-state index contributed by atoms with van der Waals surface area (Å²) in [6, 6.07) is 14.7. The van der Waals surface area contributed by atoms with E-state index in [2.05, 4.69) is 5.32 Å². The zero-order valence-electron chi connectivity index (χ0n) is 17.4. The summed E-state index contributed by atoms with van der Waals surface area (Å²) in [5.41, 5.74) is -0.462. The summed E-state index contributed by atoms with van der Waals surface area (Å²) >= 11 is 18.3. The van der Waals surface area contributed by atoms with Gasteiger partial charge in [0.25, 0.3) is 11.8 Å². The van der Waals surface area contributed by atoms with Crippen LogP contribution < -0.4 is 14.4 Å². The first-order chi connectivity index (χ1) is 16.6. The van der Waals surface area contributed by atoms with Crippen LogP contribution in [0.2, 0.25) is 15.1 Å². The summed E-state index contributed by atoms with van der Waals surface area (Å²) < 4.78 is 30.8. The Morgan fingerprint density at radius 2 is 1.57 bits per heavy atom. The summed E-state index contributed by atoms with van der Waals surface area (Å²) in [4.78, 5) is 38.7. The van der Waals surface area contributed by atoms with Crippen molar-refractivity contribution in [1.29, 1.82) is 0 Å². The van der Waals surface area contributed by atoms with E-state index in [1.807, 2.05) is 0 Å². The Bertz CT molecular complexity index is 1510. The molecule has 8 nitrogen and oxygen atoms in total. The molecule has 0 saturated carbocycles. The van der Waals surface area contributed by atoms with E-state index in [1.165, 1.54) is 54.6 Å². The van der Waals surface area contributed by atoms with Crippen molar-refractivity contribution in [2.24, 2.45) is 0 Å².